The van der Waals surface area contributed by atoms with Crippen molar-refractivity contribution in [1.29, 1.82) is 0 Å². The highest BCUT2D eigenvalue weighted by atomic mass is 32.2. The quantitative estimate of drug-likeness (QED) is 0.809. The summed E-state index contributed by atoms with van der Waals surface area (Å²) >= 11 is 0. The third kappa shape index (κ3) is 2.75. The van der Waals surface area contributed by atoms with Gasteiger partial charge in [-0.25, -0.2) is 13.4 Å². The number of nitrogens with zero attached hydrogens (tertiary/aromatic N) is 2. The molecule has 0 saturated heterocycles. The zero-order chi connectivity index (χ0) is 15.0. The van der Waals surface area contributed by atoms with E-state index in [1.54, 1.807) is 12.1 Å². The van der Waals surface area contributed by atoms with Crippen molar-refractivity contribution >= 4 is 26.7 Å². The van der Waals surface area contributed by atoms with E-state index in [0.29, 0.717) is 5.69 Å². The second-order valence-corrected chi connectivity index (χ2v) is 6.68. The number of hydrogen-bond acceptors (Lipinski definition) is 3. The number of para-hydroxylation sites is 2. The summed E-state index contributed by atoms with van der Waals surface area (Å²) in [7, 11) is -1.29. The van der Waals surface area contributed by atoms with E-state index in [4.69, 9.17) is 0 Å². The van der Waals surface area contributed by atoms with Crippen LogP contribution in [0.5, 0.6) is 0 Å². The fourth-order valence-electron chi connectivity index (χ4n) is 2.31. The Balaban J connectivity index is 2.01. The van der Waals surface area contributed by atoms with Crippen LogP contribution < -0.4 is 4.72 Å². The molecule has 0 atom stereocenters. The van der Waals surface area contributed by atoms with Crippen LogP contribution in [0, 0.1) is 0 Å². The minimum atomic E-state index is -3.25. The first kappa shape index (κ1) is 13.6. The molecule has 3 aromatic rings. The first-order valence-corrected chi connectivity index (χ1v) is 8.33. The number of aryl methyl sites for hydroxylation is 1. The number of benzene rings is 2. The molecule has 1 aromatic heterocycles. The Morgan fingerprint density at radius 2 is 1.71 bits per heavy atom. The molecule has 0 bridgehead atoms. The maximum atomic E-state index is 11.2. The lowest BCUT2D eigenvalue weighted by atomic mass is 10.2. The molecular weight excluding hydrogens is 286 g/mol. The van der Waals surface area contributed by atoms with E-state index in [1.807, 2.05) is 48.0 Å². The Morgan fingerprint density at radius 1 is 1.05 bits per heavy atom. The minimum Gasteiger partial charge on any atom is -0.327 e. The van der Waals surface area contributed by atoms with E-state index < -0.39 is 10.0 Å². The maximum absolute atomic E-state index is 11.2. The standard InChI is InChI=1S/C15H15N3O2S/c1-18-14-6-4-3-5-13(14)16-15(18)11-7-9-12(10-8-11)17-21(2,19)20/h3-10,17H,1-2H3. The highest BCUT2D eigenvalue weighted by molar-refractivity contribution is 7.92. The first-order valence-electron chi connectivity index (χ1n) is 6.44. The van der Waals surface area contributed by atoms with Crippen LogP contribution in [0.1, 0.15) is 0 Å². The fraction of sp³-hybridized carbons (Fsp3) is 0.133. The summed E-state index contributed by atoms with van der Waals surface area (Å²) in [5.41, 5.74) is 3.48. The third-order valence-corrected chi connectivity index (χ3v) is 3.84. The Bertz CT molecular complexity index is 896. The molecule has 0 aliphatic carbocycles. The molecule has 0 radical (unpaired) electrons. The monoisotopic (exact) mass is 301 g/mol. The van der Waals surface area contributed by atoms with Gasteiger partial charge in [-0.3, -0.25) is 4.72 Å². The Hall–Kier alpha value is -2.34. The summed E-state index contributed by atoms with van der Waals surface area (Å²) in [6, 6.07) is 15.1. The van der Waals surface area contributed by atoms with Gasteiger partial charge in [-0.05, 0) is 36.4 Å². The number of fused-ring (bicyclic) bond motifs is 1. The van der Waals surface area contributed by atoms with Gasteiger partial charge in [0, 0.05) is 18.3 Å². The molecule has 0 saturated carbocycles. The van der Waals surface area contributed by atoms with Gasteiger partial charge in [0.25, 0.3) is 0 Å². The van der Waals surface area contributed by atoms with Crippen molar-refractivity contribution in [3.05, 3.63) is 48.5 Å². The summed E-state index contributed by atoms with van der Waals surface area (Å²) in [5.74, 6) is 0.849. The summed E-state index contributed by atoms with van der Waals surface area (Å²) in [4.78, 5) is 4.61. The van der Waals surface area contributed by atoms with Crippen LogP contribution in [0.15, 0.2) is 48.5 Å². The molecule has 3 rings (SSSR count). The van der Waals surface area contributed by atoms with E-state index in [1.165, 1.54) is 0 Å². The Kier molecular flexibility index (Phi) is 3.17. The molecule has 108 valence electrons. The molecule has 6 heteroatoms. The zero-order valence-corrected chi connectivity index (χ0v) is 12.6. The number of sulfonamides is 1. The molecule has 21 heavy (non-hydrogen) atoms. The van der Waals surface area contributed by atoms with E-state index in [2.05, 4.69) is 9.71 Å². The minimum absolute atomic E-state index is 0.542. The van der Waals surface area contributed by atoms with Gasteiger partial charge >= 0.3 is 0 Å². The van der Waals surface area contributed by atoms with Crippen LogP contribution in [-0.2, 0) is 17.1 Å². The second-order valence-electron chi connectivity index (χ2n) is 4.93. The van der Waals surface area contributed by atoms with Crippen LogP contribution >= 0.6 is 0 Å². The second kappa shape index (κ2) is 4.89. The van der Waals surface area contributed by atoms with Crippen molar-refractivity contribution in [2.45, 2.75) is 0 Å². The summed E-state index contributed by atoms with van der Waals surface area (Å²) in [6.45, 7) is 0. The number of hydrogen-bond donors (Lipinski definition) is 1. The molecule has 0 spiro atoms. The van der Waals surface area contributed by atoms with Crippen LogP contribution in [0.2, 0.25) is 0 Å². The summed E-state index contributed by atoms with van der Waals surface area (Å²) < 4.78 is 26.9. The van der Waals surface area contributed by atoms with Gasteiger partial charge in [-0.15, -0.1) is 0 Å². The largest absolute Gasteiger partial charge is 0.327 e. The van der Waals surface area contributed by atoms with Crippen molar-refractivity contribution in [3.63, 3.8) is 0 Å². The van der Waals surface area contributed by atoms with Crippen LogP contribution in [-0.4, -0.2) is 24.2 Å². The molecule has 2 aromatic carbocycles. The molecule has 5 nitrogen and oxygen atoms in total. The maximum Gasteiger partial charge on any atom is 0.229 e. The fourth-order valence-corrected chi connectivity index (χ4v) is 2.87. The SMILES string of the molecule is Cn1c(-c2ccc(NS(C)(=O)=O)cc2)nc2ccccc21. The lowest BCUT2D eigenvalue weighted by Gasteiger charge is -2.06. The molecule has 0 amide bonds. The van der Waals surface area contributed by atoms with E-state index in [0.717, 1.165) is 28.7 Å². The number of aromatic nitrogens is 2. The van der Waals surface area contributed by atoms with Gasteiger partial charge < -0.3 is 4.57 Å². The van der Waals surface area contributed by atoms with E-state index >= 15 is 0 Å². The van der Waals surface area contributed by atoms with Crippen molar-refractivity contribution in [1.82, 2.24) is 9.55 Å². The molecule has 0 aliphatic rings. The molecule has 1 N–H and O–H groups in total. The lowest BCUT2D eigenvalue weighted by Crippen LogP contribution is -2.09. The smallest absolute Gasteiger partial charge is 0.229 e. The van der Waals surface area contributed by atoms with Gasteiger partial charge in [-0.2, -0.15) is 0 Å². The number of nitrogens with one attached hydrogen (secondary N) is 1. The van der Waals surface area contributed by atoms with Crippen LogP contribution in [0.25, 0.3) is 22.4 Å². The first-order chi connectivity index (χ1) is 9.94. The summed E-state index contributed by atoms with van der Waals surface area (Å²) in [5, 5.41) is 0. The van der Waals surface area contributed by atoms with Crippen LogP contribution in [0.3, 0.4) is 0 Å². The highest BCUT2D eigenvalue weighted by Crippen LogP contribution is 2.24. The number of rotatable bonds is 3. The van der Waals surface area contributed by atoms with E-state index in [-0.39, 0.29) is 0 Å². The van der Waals surface area contributed by atoms with Crippen LogP contribution in [0.4, 0.5) is 5.69 Å². The molecule has 1 heterocycles. The number of imidazole rings is 1. The Labute approximate surface area is 123 Å². The number of anilines is 1. The zero-order valence-electron chi connectivity index (χ0n) is 11.7. The summed E-state index contributed by atoms with van der Waals surface area (Å²) in [6.07, 6.45) is 1.13. The van der Waals surface area contributed by atoms with Gasteiger partial charge in [0.2, 0.25) is 10.0 Å². The Morgan fingerprint density at radius 3 is 2.33 bits per heavy atom. The third-order valence-electron chi connectivity index (χ3n) is 3.23. The normalized spacial score (nSPS) is 11.7. The average Bonchev–Trinajstić information content (AvgIpc) is 2.76. The topological polar surface area (TPSA) is 64.0 Å². The van der Waals surface area contributed by atoms with Gasteiger partial charge in [0.15, 0.2) is 0 Å². The average molecular weight is 301 g/mol. The van der Waals surface area contributed by atoms with E-state index in [9.17, 15) is 8.42 Å². The molecular formula is C15H15N3O2S. The predicted molar refractivity (Wildman–Crippen MR) is 84.6 cm³/mol. The molecule has 0 aliphatic heterocycles. The van der Waals surface area contributed by atoms with Gasteiger partial charge in [0.05, 0.1) is 17.3 Å². The predicted octanol–water partition coefficient (Wildman–Crippen LogP) is 2.61. The van der Waals surface area contributed by atoms with Crippen molar-refractivity contribution in [3.8, 4) is 11.4 Å². The molecule has 0 fully saturated rings. The van der Waals surface area contributed by atoms with Gasteiger partial charge in [0.1, 0.15) is 5.82 Å². The highest BCUT2D eigenvalue weighted by Gasteiger charge is 2.09. The van der Waals surface area contributed by atoms with Crippen molar-refractivity contribution in [2.24, 2.45) is 7.05 Å². The van der Waals surface area contributed by atoms with Crippen molar-refractivity contribution < 1.29 is 8.42 Å². The van der Waals surface area contributed by atoms with Crippen molar-refractivity contribution in [2.75, 3.05) is 11.0 Å². The lowest BCUT2D eigenvalue weighted by molar-refractivity contribution is 0.607. The van der Waals surface area contributed by atoms with Gasteiger partial charge in [-0.1, -0.05) is 12.1 Å². The molecule has 0 unspecified atom stereocenters.